The molecule has 15 heavy (non-hydrogen) atoms. The van der Waals surface area contributed by atoms with E-state index in [0.717, 1.165) is 6.42 Å². The molecule has 1 aliphatic carbocycles. The third kappa shape index (κ3) is 2.11. The minimum Gasteiger partial charge on any atom is -0.261 e. The van der Waals surface area contributed by atoms with E-state index < -0.39 is 0 Å². The molecule has 1 aromatic rings. The zero-order chi connectivity index (χ0) is 10.7. The van der Waals surface area contributed by atoms with E-state index >= 15 is 0 Å². The Kier molecular flexibility index (Phi) is 3.20. The van der Waals surface area contributed by atoms with Gasteiger partial charge in [0.15, 0.2) is 0 Å². The molecule has 0 unspecified atom stereocenters. The minimum absolute atomic E-state index is 1.08. The number of pyridine rings is 1. The van der Waals surface area contributed by atoms with Gasteiger partial charge in [-0.1, -0.05) is 31.1 Å². The standard InChI is InChI=1S/C14H19N/c1-3-11-7-8-13-6-5-9-15-14(13)10-12(11)4-2/h5-6,9H,3-4,7-8,10H2,1-2H3. The van der Waals surface area contributed by atoms with Gasteiger partial charge in [-0.25, -0.2) is 0 Å². The Balaban J connectivity index is 2.34. The predicted molar refractivity (Wildman–Crippen MR) is 63.9 cm³/mol. The molecule has 0 atom stereocenters. The molecule has 0 fully saturated rings. The predicted octanol–water partition coefficient (Wildman–Crippen LogP) is 3.69. The topological polar surface area (TPSA) is 12.9 Å². The maximum absolute atomic E-state index is 4.51. The van der Waals surface area contributed by atoms with Crippen LogP contribution < -0.4 is 0 Å². The molecule has 1 heterocycles. The molecule has 1 heteroatoms. The molecule has 80 valence electrons. The molecule has 0 spiro atoms. The van der Waals surface area contributed by atoms with Crippen LogP contribution in [0, 0.1) is 0 Å². The second-order valence-corrected chi connectivity index (χ2v) is 4.20. The first kappa shape index (κ1) is 10.4. The first-order chi connectivity index (χ1) is 7.35. The fraction of sp³-hybridized carbons (Fsp3) is 0.500. The molecule has 1 aromatic heterocycles. The monoisotopic (exact) mass is 201 g/mol. The lowest BCUT2D eigenvalue weighted by Gasteiger charge is -2.08. The van der Waals surface area contributed by atoms with Crippen molar-refractivity contribution in [3.05, 3.63) is 40.7 Å². The van der Waals surface area contributed by atoms with Crippen LogP contribution in [0.25, 0.3) is 0 Å². The number of nitrogens with zero attached hydrogens (tertiary/aromatic N) is 1. The van der Waals surface area contributed by atoms with E-state index in [9.17, 15) is 0 Å². The van der Waals surface area contributed by atoms with Crippen molar-refractivity contribution in [1.29, 1.82) is 0 Å². The van der Waals surface area contributed by atoms with Crippen molar-refractivity contribution >= 4 is 0 Å². The van der Waals surface area contributed by atoms with Crippen LogP contribution >= 0.6 is 0 Å². The van der Waals surface area contributed by atoms with E-state index in [-0.39, 0.29) is 0 Å². The number of hydrogen-bond acceptors (Lipinski definition) is 1. The average molecular weight is 201 g/mol. The molecule has 0 N–H and O–H groups in total. The molecular weight excluding hydrogens is 182 g/mol. The van der Waals surface area contributed by atoms with Crippen LogP contribution in [0.1, 0.15) is 44.4 Å². The summed E-state index contributed by atoms with van der Waals surface area (Å²) in [4.78, 5) is 4.51. The lowest BCUT2D eigenvalue weighted by molar-refractivity contribution is 0.858. The highest BCUT2D eigenvalue weighted by Gasteiger charge is 2.13. The van der Waals surface area contributed by atoms with Crippen molar-refractivity contribution < 1.29 is 0 Å². The van der Waals surface area contributed by atoms with Gasteiger partial charge >= 0.3 is 0 Å². The lowest BCUT2D eigenvalue weighted by Crippen LogP contribution is -1.96. The van der Waals surface area contributed by atoms with Gasteiger partial charge < -0.3 is 0 Å². The summed E-state index contributed by atoms with van der Waals surface area (Å²) in [5, 5.41) is 0. The molecule has 0 aromatic carbocycles. The molecule has 0 radical (unpaired) electrons. The molecule has 0 aliphatic heterocycles. The SMILES string of the molecule is CCC1=C(CC)Cc2ncccc2CC1. The van der Waals surface area contributed by atoms with Crippen LogP contribution in [0.15, 0.2) is 29.5 Å². The zero-order valence-electron chi connectivity index (χ0n) is 9.71. The van der Waals surface area contributed by atoms with Crippen LogP contribution in [0.4, 0.5) is 0 Å². The van der Waals surface area contributed by atoms with Crippen LogP contribution in [0.5, 0.6) is 0 Å². The summed E-state index contributed by atoms with van der Waals surface area (Å²) in [6, 6.07) is 4.29. The molecule has 1 nitrogen and oxygen atoms in total. The highest BCUT2D eigenvalue weighted by Crippen LogP contribution is 2.27. The van der Waals surface area contributed by atoms with Crippen LogP contribution in [-0.2, 0) is 12.8 Å². The van der Waals surface area contributed by atoms with Crippen molar-refractivity contribution in [1.82, 2.24) is 4.98 Å². The zero-order valence-corrected chi connectivity index (χ0v) is 9.71. The number of aromatic nitrogens is 1. The number of fused-ring (bicyclic) bond motifs is 1. The summed E-state index contributed by atoms with van der Waals surface area (Å²) in [7, 11) is 0. The Bertz CT molecular complexity index is 377. The van der Waals surface area contributed by atoms with Crippen molar-refractivity contribution in [2.75, 3.05) is 0 Å². The normalized spacial score (nSPS) is 16.1. The molecule has 1 aliphatic rings. The van der Waals surface area contributed by atoms with Gasteiger partial charge in [-0.2, -0.15) is 0 Å². The number of hydrogen-bond donors (Lipinski definition) is 0. The van der Waals surface area contributed by atoms with E-state index in [1.54, 1.807) is 11.1 Å². The molecular formula is C14H19N. The van der Waals surface area contributed by atoms with Gasteiger partial charge in [-0.3, -0.25) is 4.98 Å². The number of allylic oxidation sites excluding steroid dienone is 2. The van der Waals surface area contributed by atoms with Gasteiger partial charge in [0.05, 0.1) is 0 Å². The van der Waals surface area contributed by atoms with Gasteiger partial charge in [-0.15, -0.1) is 0 Å². The molecule has 0 amide bonds. The van der Waals surface area contributed by atoms with E-state index in [4.69, 9.17) is 0 Å². The van der Waals surface area contributed by atoms with Crippen LogP contribution in [0.3, 0.4) is 0 Å². The van der Waals surface area contributed by atoms with E-state index in [2.05, 4.69) is 31.0 Å². The van der Waals surface area contributed by atoms with E-state index in [0.29, 0.717) is 0 Å². The first-order valence-electron chi connectivity index (χ1n) is 5.97. The Labute approximate surface area is 92.2 Å². The highest BCUT2D eigenvalue weighted by atomic mass is 14.7. The Morgan fingerprint density at radius 3 is 2.67 bits per heavy atom. The Morgan fingerprint density at radius 1 is 1.13 bits per heavy atom. The van der Waals surface area contributed by atoms with Gasteiger partial charge in [-0.05, 0) is 37.3 Å². The largest absolute Gasteiger partial charge is 0.261 e. The van der Waals surface area contributed by atoms with E-state index in [1.165, 1.54) is 36.9 Å². The Morgan fingerprint density at radius 2 is 1.93 bits per heavy atom. The Hall–Kier alpha value is -1.11. The van der Waals surface area contributed by atoms with Gasteiger partial charge in [0.1, 0.15) is 0 Å². The molecule has 0 bridgehead atoms. The highest BCUT2D eigenvalue weighted by molar-refractivity contribution is 5.31. The quantitative estimate of drug-likeness (QED) is 0.665. The first-order valence-corrected chi connectivity index (χ1v) is 5.97. The number of aryl methyl sites for hydroxylation is 1. The second kappa shape index (κ2) is 4.61. The third-order valence-corrected chi connectivity index (χ3v) is 3.42. The van der Waals surface area contributed by atoms with Gasteiger partial charge in [0.25, 0.3) is 0 Å². The fourth-order valence-corrected chi connectivity index (χ4v) is 2.45. The van der Waals surface area contributed by atoms with Crippen LogP contribution in [-0.4, -0.2) is 4.98 Å². The smallest absolute Gasteiger partial charge is 0.0476 e. The number of rotatable bonds is 2. The second-order valence-electron chi connectivity index (χ2n) is 4.20. The maximum Gasteiger partial charge on any atom is 0.0476 e. The van der Waals surface area contributed by atoms with Crippen molar-refractivity contribution in [2.45, 2.75) is 46.0 Å². The summed E-state index contributed by atoms with van der Waals surface area (Å²) in [6.45, 7) is 4.54. The van der Waals surface area contributed by atoms with Crippen molar-refractivity contribution in [2.24, 2.45) is 0 Å². The molecule has 0 saturated carbocycles. The summed E-state index contributed by atoms with van der Waals surface area (Å²) in [5.74, 6) is 0. The summed E-state index contributed by atoms with van der Waals surface area (Å²) < 4.78 is 0. The fourth-order valence-electron chi connectivity index (χ4n) is 2.45. The molecule has 0 saturated heterocycles. The van der Waals surface area contributed by atoms with Crippen molar-refractivity contribution in [3.8, 4) is 0 Å². The van der Waals surface area contributed by atoms with Gasteiger partial charge in [0, 0.05) is 18.3 Å². The van der Waals surface area contributed by atoms with Gasteiger partial charge in [0.2, 0.25) is 0 Å². The van der Waals surface area contributed by atoms with Crippen molar-refractivity contribution in [3.63, 3.8) is 0 Å². The lowest BCUT2D eigenvalue weighted by atomic mass is 9.99. The van der Waals surface area contributed by atoms with Crippen LogP contribution in [0.2, 0.25) is 0 Å². The third-order valence-electron chi connectivity index (χ3n) is 3.42. The van der Waals surface area contributed by atoms with E-state index in [1.807, 2.05) is 6.20 Å². The summed E-state index contributed by atoms with van der Waals surface area (Å²) in [5.41, 5.74) is 6.04. The molecule has 2 rings (SSSR count). The minimum atomic E-state index is 1.08. The maximum atomic E-state index is 4.51. The summed E-state index contributed by atoms with van der Waals surface area (Å²) >= 11 is 0. The average Bonchev–Trinajstić information content (AvgIpc) is 2.47. The summed E-state index contributed by atoms with van der Waals surface area (Å²) in [6.07, 6.45) is 7.80.